The van der Waals surface area contributed by atoms with Gasteiger partial charge in [0, 0.05) is 0 Å². The molecule has 0 heterocycles. The summed E-state index contributed by atoms with van der Waals surface area (Å²) in [7, 11) is 0. The largest absolute Gasteiger partial charge is 0.147 e. The van der Waals surface area contributed by atoms with Crippen LogP contribution < -0.4 is 7.19 Å². The third-order valence-electron chi connectivity index (χ3n) is 6.29. The van der Waals surface area contributed by atoms with Crippen LogP contribution >= 0.6 is 24.8 Å². The van der Waals surface area contributed by atoms with Crippen molar-refractivity contribution in [3.05, 3.63) is 81.3 Å². The molecule has 0 radical (unpaired) electrons. The first kappa shape index (κ1) is 31.7. The van der Waals surface area contributed by atoms with E-state index in [-0.39, 0.29) is 60.6 Å². The van der Waals surface area contributed by atoms with Crippen LogP contribution in [0.25, 0.3) is 0 Å². The topological polar surface area (TPSA) is 9.23 Å². The third kappa shape index (κ3) is 5.51. The second-order valence-electron chi connectivity index (χ2n) is 10.8. The molecule has 0 N–H and O–H groups in total. The molecule has 0 saturated heterocycles. The Hall–Kier alpha value is -1.34. The van der Waals surface area contributed by atoms with Gasteiger partial charge in [0.1, 0.15) is 0 Å². The van der Waals surface area contributed by atoms with Crippen LogP contribution in [-0.2, 0) is 27.4 Å². The molecule has 0 saturated carbocycles. The quantitative estimate of drug-likeness (QED) is 0.224. The number of rotatable bonds is 8. The van der Waals surface area contributed by atoms with Gasteiger partial charge in [0.05, 0.1) is 0 Å². The molecule has 2 aromatic rings. The minimum atomic E-state index is -13.0. The molecule has 0 atom stereocenters. The Kier molecular flexibility index (Phi) is 7.09. The van der Waals surface area contributed by atoms with Crippen molar-refractivity contribution in [3.8, 4) is 5.75 Å². The van der Waals surface area contributed by atoms with Gasteiger partial charge >= 0.3 is 190 Å². The fourth-order valence-corrected chi connectivity index (χ4v) is 10.7. The van der Waals surface area contributed by atoms with E-state index in [9.17, 15) is 0 Å². The van der Waals surface area contributed by atoms with Crippen molar-refractivity contribution in [1.29, 1.82) is 0 Å². The minimum Gasteiger partial charge on any atom is -0.147 e. The summed E-state index contributed by atoms with van der Waals surface area (Å²) in [5.74, 6) is -0.861. The van der Waals surface area contributed by atoms with Crippen LogP contribution in [0.2, 0.25) is 0 Å². The first-order chi connectivity index (χ1) is 14.8. The molecular formula is C26H35Cl2F5OTi. The molecule has 0 unspecified atom stereocenters. The summed E-state index contributed by atoms with van der Waals surface area (Å²) >= 11 is -13.0. The number of hydrogen-bond donors (Lipinski definition) is 0. The van der Waals surface area contributed by atoms with E-state index >= 15 is 15.5 Å². The molecular weight excluding hydrogens is 542 g/mol. The fourth-order valence-electron chi connectivity index (χ4n) is 4.72. The van der Waals surface area contributed by atoms with Crippen molar-refractivity contribution in [2.24, 2.45) is 11.8 Å². The van der Waals surface area contributed by atoms with Gasteiger partial charge in [-0.25, -0.2) is 0 Å². The first-order valence-electron chi connectivity index (χ1n) is 11.5. The van der Waals surface area contributed by atoms with Crippen LogP contribution in [0, 0.1) is 18.8 Å². The summed E-state index contributed by atoms with van der Waals surface area (Å²) in [4.78, 5) is 0. The van der Waals surface area contributed by atoms with E-state index in [4.69, 9.17) is 0 Å². The van der Waals surface area contributed by atoms with Gasteiger partial charge in [-0.15, -0.1) is 24.8 Å². The summed E-state index contributed by atoms with van der Waals surface area (Å²) < 4.78 is 85.6. The van der Waals surface area contributed by atoms with E-state index in [2.05, 4.69) is 3.32 Å². The maximum atomic E-state index is 17.0. The molecule has 9 heteroatoms. The molecule has 1 nitrogen and oxygen atoms in total. The zero-order chi connectivity index (χ0) is 24.9. The predicted molar refractivity (Wildman–Crippen MR) is 137 cm³/mol. The molecule has 0 bridgehead atoms. The second-order valence-corrected chi connectivity index (χ2v) is 20.4. The van der Waals surface area contributed by atoms with Crippen LogP contribution in [0.15, 0.2) is 64.6 Å². The van der Waals surface area contributed by atoms with Crippen LogP contribution in [0.4, 0.5) is 15.5 Å². The van der Waals surface area contributed by atoms with Crippen molar-refractivity contribution in [2.45, 2.75) is 53.9 Å². The van der Waals surface area contributed by atoms with Gasteiger partial charge in [0.25, 0.3) is 0 Å². The standard InChI is InChI=1S/C15H24O.C6H5.C5H5.2ClH.5FH.Ti/c1-10(2)6-13-8-12(5)9-14(15(13)16)7-11(3)4;1-2-4-6-5-3-1;1-2-4-5-3-1;;;;;;;;/h8-11,16H,6-7H2,1-5H3;1-5H;1-3H,4H2;7*1H;/q;;;;;;;;;;+6/p-6. The van der Waals surface area contributed by atoms with E-state index in [1.165, 1.54) is 18.2 Å². The van der Waals surface area contributed by atoms with Gasteiger partial charge < -0.3 is 0 Å². The van der Waals surface area contributed by atoms with E-state index in [1.54, 1.807) is 6.92 Å². The maximum Gasteiger partial charge on any atom is -0.147 e. The number of hydrogen-bond acceptors (Lipinski definition) is 1. The van der Waals surface area contributed by atoms with Crippen LogP contribution in [0.1, 0.15) is 50.8 Å². The Morgan fingerprint density at radius 3 is 1.71 bits per heavy atom. The molecule has 0 spiro atoms. The second kappa shape index (κ2) is 7.83. The molecule has 1 aliphatic rings. The number of allylic oxidation sites excluding steroid dienone is 4. The van der Waals surface area contributed by atoms with Crippen molar-refractivity contribution in [2.75, 3.05) is 0 Å². The van der Waals surface area contributed by atoms with Crippen molar-refractivity contribution >= 4 is 28.7 Å². The van der Waals surface area contributed by atoms with E-state index in [0.717, 1.165) is 24.3 Å². The van der Waals surface area contributed by atoms with Gasteiger partial charge in [-0.3, -0.25) is 0 Å². The fraction of sp³-hybridized carbons (Fsp3) is 0.385. The van der Waals surface area contributed by atoms with E-state index < -0.39 is 34.4 Å². The Morgan fingerprint density at radius 2 is 1.31 bits per heavy atom. The average molecular weight is 577 g/mol. The molecule has 0 aromatic heterocycles. The Morgan fingerprint density at radius 1 is 0.829 bits per heavy atom. The zero-order valence-electron chi connectivity index (χ0n) is 20.7. The maximum absolute atomic E-state index is 17.0. The van der Waals surface area contributed by atoms with Crippen molar-refractivity contribution < 1.29 is 33.3 Å². The van der Waals surface area contributed by atoms with Crippen LogP contribution in [0.5, 0.6) is 5.75 Å². The molecule has 3 rings (SSSR count). The summed E-state index contributed by atoms with van der Waals surface area (Å²) in [5.41, 5.74) is 1.01. The Bertz CT molecular complexity index is 1170. The summed E-state index contributed by atoms with van der Waals surface area (Å²) in [6.45, 7) is 9.11. The zero-order valence-corrected chi connectivity index (χ0v) is 23.9. The molecule has 1 aliphatic carbocycles. The molecule has 198 valence electrons. The normalized spacial score (nSPS) is 17.9. The molecule has 0 amide bonds. The van der Waals surface area contributed by atoms with Crippen LogP contribution in [-0.4, -0.2) is 0 Å². The number of halogens is 7. The molecule has 35 heavy (non-hydrogen) atoms. The van der Waals surface area contributed by atoms with Crippen molar-refractivity contribution in [1.82, 2.24) is 0 Å². The predicted octanol–water partition coefficient (Wildman–Crippen LogP) is 9.42. The third-order valence-corrected chi connectivity index (χ3v) is 14.0. The molecule has 2 aromatic carbocycles. The number of benzene rings is 2. The van der Waals surface area contributed by atoms with Crippen molar-refractivity contribution in [3.63, 3.8) is 0 Å². The summed E-state index contributed by atoms with van der Waals surface area (Å²) in [6, 6.07) is 7.15. The summed E-state index contributed by atoms with van der Waals surface area (Å²) in [6.07, 6.45) is 1.98. The number of aryl methyl sites for hydroxylation is 1. The SMILES string of the molecule is Cc1cc(CC(C)C)c([O][Ti]([F])([F])([F])([F])([F])([C]2=CC=CC2)[c]2ccccc2)c(CC(C)C)c1.Cl.Cl. The average Bonchev–Trinajstić information content (AvgIpc) is 3.21. The van der Waals surface area contributed by atoms with E-state index in [0.29, 0.717) is 23.8 Å². The first-order valence-corrected chi connectivity index (χ1v) is 16.6. The van der Waals surface area contributed by atoms with Crippen LogP contribution in [0.3, 0.4) is 0 Å². The summed E-state index contributed by atoms with van der Waals surface area (Å²) in [5, 5.41) is 0. The Balaban J connectivity index is 0.00000306. The molecule has 0 aliphatic heterocycles. The van der Waals surface area contributed by atoms with Gasteiger partial charge in [-0.1, -0.05) is 0 Å². The Labute approximate surface area is 214 Å². The van der Waals surface area contributed by atoms with Gasteiger partial charge in [-0.05, 0) is 0 Å². The van der Waals surface area contributed by atoms with Gasteiger partial charge in [0.15, 0.2) is 0 Å². The van der Waals surface area contributed by atoms with Gasteiger partial charge in [-0.2, -0.15) is 0 Å². The van der Waals surface area contributed by atoms with Gasteiger partial charge in [0.2, 0.25) is 0 Å². The molecule has 0 fully saturated rings. The van der Waals surface area contributed by atoms with E-state index in [1.807, 2.05) is 27.7 Å². The monoisotopic (exact) mass is 576 g/mol. The smallest absolute Gasteiger partial charge is 0.147 e. The minimum absolute atomic E-state index is 0.